The molecule has 110 valence electrons. The number of benzene rings is 1. The third-order valence-electron chi connectivity index (χ3n) is 2.92. The third-order valence-corrected chi connectivity index (χ3v) is 3.17. The molecule has 6 heteroatoms. The molecule has 0 aliphatic carbocycles. The number of aliphatic hydroxyl groups is 1. The summed E-state index contributed by atoms with van der Waals surface area (Å²) >= 11 is 5.76. The summed E-state index contributed by atoms with van der Waals surface area (Å²) in [6, 6.07) is 6.66. The Morgan fingerprint density at radius 1 is 1.15 bits per heavy atom. The van der Waals surface area contributed by atoms with Crippen LogP contribution < -0.4 is 0 Å². The van der Waals surface area contributed by atoms with Crippen LogP contribution in [0, 0.1) is 0 Å². The van der Waals surface area contributed by atoms with Crippen molar-refractivity contribution in [3.8, 4) is 0 Å². The quantitative estimate of drug-likeness (QED) is 0.891. The number of carbonyl (C=O) groups excluding carboxylic acids is 2. The number of aliphatic hydroxyl groups excluding tert-OH is 1. The van der Waals surface area contributed by atoms with Crippen molar-refractivity contribution in [3.05, 3.63) is 34.9 Å². The number of rotatable bonds is 5. The normalized spacial score (nSPS) is 11.8. The van der Waals surface area contributed by atoms with Gasteiger partial charge in [0.1, 0.15) is 0 Å². The van der Waals surface area contributed by atoms with Crippen molar-refractivity contribution >= 4 is 23.4 Å². The Balaban J connectivity index is 2.56. The number of hydrogen-bond donors (Lipinski definition) is 1. The molecule has 0 heterocycles. The van der Waals surface area contributed by atoms with E-state index in [1.165, 1.54) is 16.8 Å². The van der Waals surface area contributed by atoms with E-state index >= 15 is 0 Å². The number of likely N-dealkylation sites (N-methyl/N-ethyl adjacent to an activating group) is 2. The van der Waals surface area contributed by atoms with Crippen LogP contribution in [0.3, 0.4) is 0 Å². The lowest BCUT2D eigenvalue weighted by molar-refractivity contribution is -0.139. The molecule has 0 spiro atoms. The van der Waals surface area contributed by atoms with Gasteiger partial charge >= 0.3 is 0 Å². The van der Waals surface area contributed by atoms with Gasteiger partial charge in [-0.1, -0.05) is 23.7 Å². The molecular weight excluding hydrogens is 280 g/mol. The lowest BCUT2D eigenvalue weighted by Gasteiger charge is -2.20. The Bertz CT molecular complexity index is 474. The number of hydrogen-bond acceptors (Lipinski definition) is 3. The summed E-state index contributed by atoms with van der Waals surface area (Å²) in [5.74, 6) is -0.454. The largest absolute Gasteiger partial charge is 0.388 e. The topological polar surface area (TPSA) is 60.9 Å². The van der Waals surface area contributed by atoms with E-state index in [0.717, 1.165) is 0 Å². The van der Waals surface area contributed by atoms with Crippen LogP contribution in [0.15, 0.2) is 24.3 Å². The first-order valence-electron chi connectivity index (χ1n) is 6.19. The van der Waals surface area contributed by atoms with Crippen LogP contribution in [0.25, 0.3) is 0 Å². The van der Waals surface area contributed by atoms with Crippen molar-refractivity contribution in [2.45, 2.75) is 12.5 Å². The molecule has 1 aromatic rings. The Hall–Kier alpha value is -1.59. The van der Waals surface area contributed by atoms with E-state index in [-0.39, 0.29) is 24.8 Å². The minimum absolute atomic E-state index is 0.000822. The second-order valence-corrected chi connectivity index (χ2v) is 5.25. The first-order chi connectivity index (χ1) is 9.31. The maximum Gasteiger partial charge on any atom is 0.241 e. The highest BCUT2D eigenvalue weighted by atomic mass is 35.5. The predicted molar refractivity (Wildman–Crippen MR) is 77.4 cm³/mol. The molecule has 5 nitrogen and oxygen atoms in total. The second-order valence-electron chi connectivity index (χ2n) is 4.81. The lowest BCUT2D eigenvalue weighted by Crippen LogP contribution is -2.38. The summed E-state index contributed by atoms with van der Waals surface area (Å²) in [5.41, 5.74) is 0.620. The van der Waals surface area contributed by atoms with Crippen LogP contribution >= 0.6 is 11.6 Å². The number of carbonyl (C=O) groups is 2. The van der Waals surface area contributed by atoms with E-state index < -0.39 is 6.10 Å². The van der Waals surface area contributed by atoms with Crippen molar-refractivity contribution in [3.63, 3.8) is 0 Å². The van der Waals surface area contributed by atoms with Crippen LogP contribution in [0.5, 0.6) is 0 Å². The van der Waals surface area contributed by atoms with Crippen molar-refractivity contribution < 1.29 is 14.7 Å². The highest BCUT2D eigenvalue weighted by Gasteiger charge is 2.18. The maximum absolute atomic E-state index is 11.9. The van der Waals surface area contributed by atoms with E-state index in [0.29, 0.717) is 10.6 Å². The summed E-state index contributed by atoms with van der Waals surface area (Å²) in [6.07, 6.45) is -0.976. The molecule has 0 aliphatic heterocycles. The SMILES string of the molecule is CN(C)C(=O)CN(C)C(=O)CC(O)c1ccc(Cl)cc1. The van der Waals surface area contributed by atoms with Crippen molar-refractivity contribution in [2.24, 2.45) is 0 Å². The van der Waals surface area contributed by atoms with Gasteiger partial charge in [-0.15, -0.1) is 0 Å². The molecule has 0 fully saturated rings. The predicted octanol–water partition coefficient (Wildman–Crippen LogP) is 1.31. The van der Waals surface area contributed by atoms with E-state index in [2.05, 4.69) is 0 Å². The Morgan fingerprint density at radius 3 is 2.20 bits per heavy atom. The smallest absolute Gasteiger partial charge is 0.241 e. The number of amides is 2. The van der Waals surface area contributed by atoms with Crippen LogP contribution in [-0.4, -0.2) is 54.4 Å². The summed E-state index contributed by atoms with van der Waals surface area (Å²) in [7, 11) is 4.80. The molecule has 1 aromatic carbocycles. The monoisotopic (exact) mass is 298 g/mol. The van der Waals surface area contributed by atoms with Gasteiger partial charge in [0.05, 0.1) is 19.1 Å². The Kier molecular flexibility index (Phi) is 5.98. The van der Waals surface area contributed by atoms with Gasteiger partial charge in [0.25, 0.3) is 0 Å². The summed E-state index contributed by atoms with van der Waals surface area (Å²) in [5, 5.41) is 10.6. The van der Waals surface area contributed by atoms with Crippen LogP contribution in [-0.2, 0) is 9.59 Å². The molecule has 20 heavy (non-hydrogen) atoms. The maximum atomic E-state index is 11.9. The molecule has 0 bridgehead atoms. The molecule has 0 saturated carbocycles. The molecule has 1 unspecified atom stereocenters. The van der Waals surface area contributed by atoms with Gasteiger partial charge in [0.15, 0.2) is 0 Å². The lowest BCUT2D eigenvalue weighted by atomic mass is 10.1. The van der Waals surface area contributed by atoms with Crippen molar-refractivity contribution in [2.75, 3.05) is 27.7 Å². The zero-order chi connectivity index (χ0) is 15.3. The second kappa shape index (κ2) is 7.26. The van der Waals surface area contributed by atoms with Gasteiger partial charge < -0.3 is 14.9 Å². The van der Waals surface area contributed by atoms with E-state index in [1.807, 2.05) is 0 Å². The fourth-order valence-corrected chi connectivity index (χ4v) is 1.68. The zero-order valence-corrected chi connectivity index (χ0v) is 12.6. The first-order valence-corrected chi connectivity index (χ1v) is 6.56. The highest BCUT2D eigenvalue weighted by Crippen LogP contribution is 2.19. The molecule has 0 saturated heterocycles. The fourth-order valence-electron chi connectivity index (χ4n) is 1.56. The summed E-state index contributed by atoms with van der Waals surface area (Å²) < 4.78 is 0. The zero-order valence-electron chi connectivity index (χ0n) is 11.8. The molecular formula is C14H19ClN2O3. The van der Waals surface area contributed by atoms with Crippen molar-refractivity contribution in [1.82, 2.24) is 9.80 Å². The van der Waals surface area contributed by atoms with Gasteiger partial charge in [-0.2, -0.15) is 0 Å². The Labute approximate surface area is 123 Å². The minimum atomic E-state index is -0.906. The first kappa shape index (κ1) is 16.5. The molecule has 1 rings (SSSR count). The Morgan fingerprint density at radius 2 is 1.70 bits per heavy atom. The van der Waals surface area contributed by atoms with Crippen LogP contribution in [0.2, 0.25) is 5.02 Å². The van der Waals surface area contributed by atoms with E-state index in [1.54, 1.807) is 38.4 Å². The molecule has 1 atom stereocenters. The fraction of sp³-hybridized carbons (Fsp3) is 0.429. The minimum Gasteiger partial charge on any atom is -0.388 e. The average Bonchev–Trinajstić information content (AvgIpc) is 2.38. The molecule has 1 N–H and O–H groups in total. The van der Waals surface area contributed by atoms with E-state index in [4.69, 9.17) is 11.6 Å². The van der Waals surface area contributed by atoms with Crippen LogP contribution in [0.1, 0.15) is 18.1 Å². The summed E-state index contributed by atoms with van der Waals surface area (Å²) in [4.78, 5) is 26.1. The standard InChI is InChI=1S/C14H19ClN2O3/c1-16(2)14(20)9-17(3)13(19)8-12(18)10-4-6-11(15)7-5-10/h4-7,12,18H,8-9H2,1-3H3. The highest BCUT2D eigenvalue weighted by molar-refractivity contribution is 6.30. The van der Waals surface area contributed by atoms with Gasteiger partial charge in [0.2, 0.25) is 11.8 Å². The third kappa shape index (κ3) is 4.83. The van der Waals surface area contributed by atoms with E-state index in [9.17, 15) is 14.7 Å². The van der Waals surface area contributed by atoms with Gasteiger partial charge in [-0.25, -0.2) is 0 Å². The van der Waals surface area contributed by atoms with Crippen LogP contribution in [0.4, 0.5) is 0 Å². The number of halogens is 1. The summed E-state index contributed by atoms with van der Waals surface area (Å²) in [6.45, 7) is -0.000822. The van der Waals surface area contributed by atoms with Gasteiger partial charge in [-0.05, 0) is 17.7 Å². The van der Waals surface area contributed by atoms with Gasteiger partial charge in [-0.3, -0.25) is 9.59 Å². The molecule has 0 aliphatic rings. The van der Waals surface area contributed by atoms with Gasteiger partial charge in [0, 0.05) is 26.2 Å². The average molecular weight is 299 g/mol. The molecule has 2 amide bonds. The molecule has 0 aromatic heterocycles. The van der Waals surface area contributed by atoms with Crippen molar-refractivity contribution in [1.29, 1.82) is 0 Å². The molecule has 0 radical (unpaired) electrons. The number of nitrogens with zero attached hydrogens (tertiary/aromatic N) is 2.